The molecular weight excluding hydrogens is 293 g/mol. The Labute approximate surface area is 133 Å². The molecule has 2 aromatic carbocycles. The number of fused-ring (bicyclic) bond motifs is 3. The van der Waals surface area contributed by atoms with E-state index in [1.54, 1.807) is 18.2 Å². The van der Waals surface area contributed by atoms with Crippen molar-refractivity contribution >= 4 is 22.3 Å². The number of nitrogen functional groups attached to an aromatic ring is 1. The molecule has 0 amide bonds. The van der Waals surface area contributed by atoms with E-state index in [4.69, 9.17) is 5.73 Å². The number of hydrogen-bond donors (Lipinski definition) is 2. The van der Waals surface area contributed by atoms with Crippen molar-refractivity contribution in [2.75, 3.05) is 17.2 Å². The van der Waals surface area contributed by atoms with Gasteiger partial charge in [0, 0.05) is 41.9 Å². The molecule has 0 saturated carbocycles. The standard InChI is InChI=1S/C18H18FN3O/c1-21-16-5-2-11(19)8-14(16)13-6-7-22(10-17(13)21)12-3-4-15(20)18(23)9-12/h2-5,8-9,23H,6-7,10,20H2,1H3. The minimum absolute atomic E-state index is 0.104. The van der Waals surface area contributed by atoms with Crippen LogP contribution in [0, 0.1) is 5.82 Å². The minimum atomic E-state index is -0.197. The number of benzene rings is 2. The molecular formula is C18H18FN3O. The van der Waals surface area contributed by atoms with E-state index in [1.807, 2.05) is 19.2 Å². The van der Waals surface area contributed by atoms with Crippen LogP contribution in [0.4, 0.5) is 15.8 Å². The lowest BCUT2D eigenvalue weighted by atomic mass is 10.0. The lowest BCUT2D eigenvalue weighted by Gasteiger charge is -2.30. The molecule has 4 nitrogen and oxygen atoms in total. The van der Waals surface area contributed by atoms with Gasteiger partial charge in [0.05, 0.1) is 12.2 Å². The summed E-state index contributed by atoms with van der Waals surface area (Å²) in [4.78, 5) is 2.21. The van der Waals surface area contributed by atoms with Crippen molar-refractivity contribution < 1.29 is 9.50 Å². The number of aromatic nitrogens is 1. The summed E-state index contributed by atoms with van der Waals surface area (Å²) in [5, 5.41) is 10.8. The maximum absolute atomic E-state index is 13.6. The summed E-state index contributed by atoms with van der Waals surface area (Å²) >= 11 is 0. The summed E-state index contributed by atoms with van der Waals surface area (Å²) in [6, 6.07) is 10.3. The van der Waals surface area contributed by atoms with E-state index in [0.717, 1.165) is 36.1 Å². The Kier molecular flexibility index (Phi) is 2.98. The predicted octanol–water partition coefficient (Wildman–Crippen LogP) is 3.17. The summed E-state index contributed by atoms with van der Waals surface area (Å²) in [5.74, 6) is -0.0933. The van der Waals surface area contributed by atoms with Crippen LogP contribution in [0.1, 0.15) is 11.3 Å². The summed E-state index contributed by atoms with van der Waals surface area (Å²) in [5.41, 5.74) is 10.5. The Balaban J connectivity index is 1.77. The van der Waals surface area contributed by atoms with Gasteiger partial charge in [0.15, 0.2) is 0 Å². The zero-order valence-electron chi connectivity index (χ0n) is 12.9. The Morgan fingerprint density at radius 3 is 2.78 bits per heavy atom. The number of nitrogens with two attached hydrogens (primary N) is 1. The number of anilines is 2. The quantitative estimate of drug-likeness (QED) is 0.536. The normalized spacial score (nSPS) is 14.3. The molecule has 5 heteroatoms. The van der Waals surface area contributed by atoms with Crippen LogP contribution in [0.2, 0.25) is 0 Å². The predicted molar refractivity (Wildman–Crippen MR) is 90.2 cm³/mol. The van der Waals surface area contributed by atoms with E-state index < -0.39 is 0 Å². The highest BCUT2D eigenvalue weighted by atomic mass is 19.1. The smallest absolute Gasteiger partial charge is 0.140 e. The Bertz CT molecular complexity index is 916. The first kappa shape index (κ1) is 13.9. The average molecular weight is 311 g/mol. The molecule has 0 saturated heterocycles. The van der Waals surface area contributed by atoms with Gasteiger partial charge in [-0.3, -0.25) is 0 Å². The molecule has 3 aromatic rings. The van der Waals surface area contributed by atoms with Gasteiger partial charge in [-0.05, 0) is 42.3 Å². The highest BCUT2D eigenvalue weighted by Gasteiger charge is 2.23. The number of nitrogens with zero attached hydrogens (tertiary/aromatic N) is 2. The largest absolute Gasteiger partial charge is 0.506 e. The van der Waals surface area contributed by atoms with Crippen LogP contribution in [0.3, 0.4) is 0 Å². The Hall–Kier alpha value is -2.69. The Morgan fingerprint density at radius 2 is 2.00 bits per heavy atom. The van der Waals surface area contributed by atoms with Crippen LogP contribution >= 0.6 is 0 Å². The number of halogens is 1. The Morgan fingerprint density at radius 1 is 1.17 bits per heavy atom. The van der Waals surface area contributed by atoms with Crippen LogP contribution in [-0.4, -0.2) is 16.2 Å². The molecule has 0 aliphatic carbocycles. The van der Waals surface area contributed by atoms with Gasteiger partial charge in [-0.15, -0.1) is 0 Å². The average Bonchev–Trinajstić information content (AvgIpc) is 2.82. The van der Waals surface area contributed by atoms with E-state index >= 15 is 0 Å². The SMILES string of the molecule is Cn1c2c(c3cc(F)ccc31)CCN(c1ccc(N)c(O)c1)C2. The molecule has 0 radical (unpaired) electrons. The summed E-state index contributed by atoms with van der Waals surface area (Å²) in [6.07, 6.45) is 0.848. The van der Waals surface area contributed by atoms with Crippen molar-refractivity contribution in [1.29, 1.82) is 0 Å². The van der Waals surface area contributed by atoms with Crippen LogP contribution in [0.15, 0.2) is 36.4 Å². The first-order valence-corrected chi connectivity index (χ1v) is 7.63. The number of hydrogen-bond acceptors (Lipinski definition) is 3. The zero-order valence-corrected chi connectivity index (χ0v) is 12.9. The molecule has 0 bridgehead atoms. The number of phenolic OH excluding ortho intramolecular Hbond substituents is 1. The summed E-state index contributed by atoms with van der Waals surface area (Å²) in [7, 11) is 2.02. The van der Waals surface area contributed by atoms with Crippen molar-refractivity contribution in [2.45, 2.75) is 13.0 Å². The van der Waals surface area contributed by atoms with Gasteiger partial charge in [0.2, 0.25) is 0 Å². The molecule has 3 N–H and O–H groups in total. The van der Waals surface area contributed by atoms with Crippen molar-refractivity contribution in [1.82, 2.24) is 4.57 Å². The maximum Gasteiger partial charge on any atom is 0.140 e. The molecule has 1 aromatic heterocycles. The minimum Gasteiger partial charge on any atom is -0.506 e. The molecule has 0 spiro atoms. The van der Waals surface area contributed by atoms with E-state index in [2.05, 4.69) is 9.47 Å². The van der Waals surface area contributed by atoms with Crippen molar-refractivity contribution in [3.63, 3.8) is 0 Å². The van der Waals surface area contributed by atoms with Crippen molar-refractivity contribution in [3.05, 3.63) is 53.5 Å². The second-order valence-corrected chi connectivity index (χ2v) is 6.06. The fourth-order valence-electron chi connectivity index (χ4n) is 3.48. The van der Waals surface area contributed by atoms with Gasteiger partial charge in [-0.25, -0.2) is 4.39 Å². The lowest BCUT2D eigenvalue weighted by Crippen LogP contribution is -2.31. The van der Waals surface area contributed by atoms with Crippen LogP contribution < -0.4 is 10.6 Å². The summed E-state index contributed by atoms with van der Waals surface area (Å²) < 4.78 is 15.7. The van der Waals surface area contributed by atoms with Gasteiger partial charge in [0.1, 0.15) is 11.6 Å². The van der Waals surface area contributed by atoms with Crippen LogP contribution in [0.25, 0.3) is 10.9 Å². The van der Waals surface area contributed by atoms with E-state index in [1.165, 1.54) is 17.3 Å². The fraction of sp³-hybridized carbons (Fsp3) is 0.222. The highest BCUT2D eigenvalue weighted by Crippen LogP contribution is 2.34. The number of aromatic hydroxyl groups is 1. The number of aryl methyl sites for hydroxylation is 1. The first-order valence-electron chi connectivity index (χ1n) is 7.63. The van der Waals surface area contributed by atoms with Gasteiger partial charge in [0.25, 0.3) is 0 Å². The van der Waals surface area contributed by atoms with Gasteiger partial charge < -0.3 is 20.3 Å². The van der Waals surface area contributed by atoms with Crippen molar-refractivity contribution in [3.8, 4) is 5.75 Å². The molecule has 2 heterocycles. The molecule has 0 unspecified atom stereocenters. The van der Waals surface area contributed by atoms with Crippen LogP contribution in [-0.2, 0) is 20.0 Å². The van der Waals surface area contributed by atoms with Gasteiger partial charge in [-0.2, -0.15) is 0 Å². The van der Waals surface area contributed by atoms with Crippen LogP contribution in [0.5, 0.6) is 5.75 Å². The third kappa shape index (κ3) is 2.11. The maximum atomic E-state index is 13.6. The molecule has 0 fully saturated rings. The van der Waals surface area contributed by atoms with Gasteiger partial charge in [-0.1, -0.05) is 0 Å². The van der Waals surface area contributed by atoms with E-state index in [0.29, 0.717) is 5.69 Å². The lowest BCUT2D eigenvalue weighted by molar-refractivity contribution is 0.477. The monoisotopic (exact) mass is 311 g/mol. The topological polar surface area (TPSA) is 54.4 Å². The first-order chi connectivity index (χ1) is 11.0. The third-order valence-corrected chi connectivity index (χ3v) is 4.75. The van der Waals surface area contributed by atoms with E-state index in [9.17, 15) is 9.50 Å². The second-order valence-electron chi connectivity index (χ2n) is 6.06. The highest BCUT2D eigenvalue weighted by molar-refractivity contribution is 5.86. The summed E-state index contributed by atoms with van der Waals surface area (Å²) in [6.45, 7) is 1.55. The number of phenols is 1. The molecule has 23 heavy (non-hydrogen) atoms. The molecule has 0 atom stereocenters. The fourth-order valence-corrected chi connectivity index (χ4v) is 3.48. The molecule has 118 valence electrons. The van der Waals surface area contributed by atoms with Crippen molar-refractivity contribution in [2.24, 2.45) is 7.05 Å². The molecule has 4 rings (SSSR count). The van der Waals surface area contributed by atoms with Gasteiger partial charge >= 0.3 is 0 Å². The van der Waals surface area contributed by atoms with E-state index in [-0.39, 0.29) is 11.6 Å². The third-order valence-electron chi connectivity index (χ3n) is 4.75. The molecule has 1 aliphatic rings. The molecule has 1 aliphatic heterocycles. The number of rotatable bonds is 1. The zero-order chi connectivity index (χ0) is 16.1. The second kappa shape index (κ2) is 4.91.